The zero-order valence-electron chi connectivity index (χ0n) is 9.51. The van der Waals surface area contributed by atoms with Crippen molar-refractivity contribution < 1.29 is 30.0 Å². The van der Waals surface area contributed by atoms with Gasteiger partial charge in [0.2, 0.25) is 11.6 Å². The van der Waals surface area contributed by atoms with Gasteiger partial charge < -0.3 is 31.9 Å². The molecule has 0 unspecified atom stereocenters. The Morgan fingerprint density at radius 2 is 1.56 bits per heavy atom. The van der Waals surface area contributed by atoms with Crippen LogP contribution in [0.3, 0.4) is 0 Å². The zero-order chi connectivity index (χ0) is 14.5. The number of hydrogen-bond acceptors (Lipinski definition) is 9. The lowest BCUT2D eigenvalue weighted by Crippen LogP contribution is -2.56. The molecule has 0 aromatic rings. The van der Waals surface area contributed by atoms with Crippen molar-refractivity contribution in [3.05, 3.63) is 0 Å². The number of aliphatic hydroxyl groups is 4. The molecule has 0 fully saturated rings. The third-order valence-corrected chi connectivity index (χ3v) is 2.77. The van der Waals surface area contributed by atoms with Crippen LogP contribution in [0.2, 0.25) is 0 Å². The van der Waals surface area contributed by atoms with E-state index in [1.165, 1.54) is 0 Å². The molecule has 8 N–H and O–H groups in total. The van der Waals surface area contributed by atoms with Crippen molar-refractivity contribution in [2.45, 2.75) is 30.4 Å². The molecule has 0 amide bonds. The van der Waals surface area contributed by atoms with E-state index in [1.807, 2.05) is 0 Å². The van der Waals surface area contributed by atoms with Crippen molar-refractivity contribution in [1.29, 1.82) is 0 Å². The van der Waals surface area contributed by atoms with Crippen LogP contribution >= 0.6 is 12.6 Å². The van der Waals surface area contributed by atoms with Gasteiger partial charge in [0.05, 0.1) is 12.6 Å². The molecule has 106 valence electrons. The van der Waals surface area contributed by atoms with E-state index < -0.39 is 48.6 Å². The minimum atomic E-state index is -1.89. The first-order valence-electron chi connectivity index (χ1n) is 5.13. The van der Waals surface area contributed by atoms with E-state index >= 15 is 0 Å². The predicted molar refractivity (Wildman–Crippen MR) is 64.9 cm³/mol. The van der Waals surface area contributed by atoms with Crippen LogP contribution in [-0.2, 0) is 9.59 Å². The molecular weight excluding hydrogens is 264 g/mol. The van der Waals surface area contributed by atoms with E-state index in [1.54, 1.807) is 0 Å². The molecule has 0 aliphatic rings. The molecule has 0 spiro atoms. The van der Waals surface area contributed by atoms with E-state index in [0.717, 1.165) is 0 Å². The summed E-state index contributed by atoms with van der Waals surface area (Å²) in [5.74, 6) is -2.27. The molecular formula is C9H18N2O6S. The predicted octanol–water partition coefficient (Wildman–Crippen LogP) is -4.22. The summed E-state index contributed by atoms with van der Waals surface area (Å²) in [6, 6.07) is -2.89. The summed E-state index contributed by atoms with van der Waals surface area (Å²) in [6.07, 6.45) is -5.42. The van der Waals surface area contributed by atoms with Crippen molar-refractivity contribution in [2.75, 3.05) is 12.4 Å². The number of aliphatic hydroxyl groups excluding tert-OH is 4. The molecule has 0 aromatic carbocycles. The summed E-state index contributed by atoms with van der Waals surface area (Å²) < 4.78 is 0. The molecule has 0 radical (unpaired) electrons. The molecule has 0 aliphatic carbocycles. The topological polar surface area (TPSA) is 167 Å². The average molecular weight is 282 g/mol. The Morgan fingerprint density at radius 3 is 1.94 bits per heavy atom. The van der Waals surface area contributed by atoms with Gasteiger partial charge in [-0.05, 0) is 0 Å². The van der Waals surface area contributed by atoms with Crippen LogP contribution in [0.15, 0.2) is 0 Å². The van der Waals surface area contributed by atoms with Gasteiger partial charge in [-0.1, -0.05) is 0 Å². The van der Waals surface area contributed by atoms with Crippen LogP contribution in [0, 0.1) is 0 Å². The fourth-order valence-electron chi connectivity index (χ4n) is 1.13. The third kappa shape index (κ3) is 4.28. The van der Waals surface area contributed by atoms with Crippen LogP contribution < -0.4 is 11.5 Å². The second kappa shape index (κ2) is 7.79. The highest BCUT2D eigenvalue weighted by molar-refractivity contribution is 7.80. The quantitative estimate of drug-likeness (QED) is 0.174. The molecule has 0 bridgehead atoms. The molecule has 0 aromatic heterocycles. The van der Waals surface area contributed by atoms with E-state index in [9.17, 15) is 19.8 Å². The van der Waals surface area contributed by atoms with Gasteiger partial charge in [-0.3, -0.25) is 9.59 Å². The summed E-state index contributed by atoms with van der Waals surface area (Å²) in [6.45, 7) is -0.830. The Morgan fingerprint density at radius 1 is 1.06 bits per heavy atom. The normalized spacial score (nSPS) is 19.7. The molecule has 8 nitrogen and oxygen atoms in total. The highest BCUT2D eigenvalue weighted by atomic mass is 32.1. The smallest absolute Gasteiger partial charge is 0.219 e. The van der Waals surface area contributed by atoms with Gasteiger partial charge in [-0.2, -0.15) is 12.6 Å². The number of carbonyl (C=O) groups excluding carboxylic acids is 2. The van der Waals surface area contributed by atoms with Crippen molar-refractivity contribution in [1.82, 2.24) is 0 Å². The zero-order valence-corrected chi connectivity index (χ0v) is 10.4. The number of carbonyl (C=O) groups is 2. The van der Waals surface area contributed by atoms with E-state index in [0.29, 0.717) is 0 Å². The van der Waals surface area contributed by atoms with Gasteiger partial charge in [0.25, 0.3) is 0 Å². The van der Waals surface area contributed by atoms with E-state index in [2.05, 4.69) is 12.6 Å². The van der Waals surface area contributed by atoms with Gasteiger partial charge in [0.15, 0.2) is 0 Å². The average Bonchev–Trinajstić information content (AvgIpc) is 2.40. The minimum Gasteiger partial charge on any atom is -0.394 e. The van der Waals surface area contributed by atoms with Crippen LogP contribution in [0.4, 0.5) is 0 Å². The summed E-state index contributed by atoms with van der Waals surface area (Å²) in [5, 5.41) is 36.5. The van der Waals surface area contributed by atoms with E-state index in [4.69, 9.17) is 21.7 Å². The Bertz CT molecular complexity index is 303. The summed E-state index contributed by atoms with van der Waals surface area (Å²) in [7, 11) is 0. The number of thiol groups is 1. The maximum absolute atomic E-state index is 11.5. The maximum atomic E-state index is 11.5. The molecule has 0 heterocycles. The number of ketones is 2. The second-order valence-corrected chi connectivity index (χ2v) is 4.14. The first kappa shape index (κ1) is 17.4. The first-order valence-corrected chi connectivity index (χ1v) is 5.76. The Balaban J connectivity index is 4.68. The molecule has 18 heavy (non-hydrogen) atoms. The maximum Gasteiger partial charge on any atom is 0.219 e. The monoisotopic (exact) mass is 282 g/mol. The van der Waals surface area contributed by atoms with Gasteiger partial charge in [-0.15, -0.1) is 0 Å². The molecule has 0 rings (SSSR count). The second-order valence-electron chi connectivity index (χ2n) is 3.77. The molecule has 5 atom stereocenters. The van der Waals surface area contributed by atoms with Gasteiger partial charge in [0.1, 0.15) is 24.4 Å². The molecule has 0 aliphatic heterocycles. The molecule has 0 saturated carbocycles. The SMILES string of the molecule is N[C@@H](CS)C(=O)C(=O)[C@H](N)[C@@H](O)[C@H](O)[C@H](O)CO. The number of hydrogen-bond donors (Lipinski definition) is 7. The first-order chi connectivity index (χ1) is 8.27. The highest BCUT2D eigenvalue weighted by Crippen LogP contribution is 2.05. The largest absolute Gasteiger partial charge is 0.394 e. The third-order valence-electron chi connectivity index (χ3n) is 2.38. The lowest BCUT2D eigenvalue weighted by atomic mass is 9.95. The van der Waals surface area contributed by atoms with Crippen LogP contribution in [0.1, 0.15) is 0 Å². The Labute approximate surface area is 109 Å². The number of nitrogens with two attached hydrogens (primary N) is 2. The standard InChI is InChI=1S/C9H18N2O6S/c10-3(2-18)6(14)8(16)5(11)9(17)7(15)4(13)1-12/h3-5,7,9,12-13,15,17-18H,1-2,10-11H2/t3-,4+,5-,7+,9+/m0/s1. The Hall–Kier alpha value is -0.550. The summed E-state index contributed by atoms with van der Waals surface area (Å²) in [4.78, 5) is 22.9. The number of rotatable bonds is 8. The molecule has 9 heteroatoms. The van der Waals surface area contributed by atoms with Crippen LogP contribution in [0.5, 0.6) is 0 Å². The van der Waals surface area contributed by atoms with Crippen LogP contribution in [0.25, 0.3) is 0 Å². The van der Waals surface area contributed by atoms with Gasteiger partial charge in [-0.25, -0.2) is 0 Å². The van der Waals surface area contributed by atoms with Gasteiger partial charge in [0, 0.05) is 5.75 Å². The van der Waals surface area contributed by atoms with Crippen molar-refractivity contribution in [2.24, 2.45) is 11.5 Å². The minimum absolute atomic E-state index is 0.0742. The highest BCUT2D eigenvalue weighted by Gasteiger charge is 2.36. The van der Waals surface area contributed by atoms with E-state index in [-0.39, 0.29) is 5.75 Å². The fourth-order valence-corrected chi connectivity index (χ4v) is 1.30. The van der Waals surface area contributed by atoms with Crippen molar-refractivity contribution in [3.63, 3.8) is 0 Å². The van der Waals surface area contributed by atoms with Crippen molar-refractivity contribution in [3.8, 4) is 0 Å². The van der Waals surface area contributed by atoms with Crippen LogP contribution in [-0.4, -0.2) is 74.7 Å². The van der Waals surface area contributed by atoms with Gasteiger partial charge >= 0.3 is 0 Å². The van der Waals surface area contributed by atoms with Crippen molar-refractivity contribution >= 4 is 24.2 Å². The lowest BCUT2D eigenvalue weighted by molar-refractivity contribution is -0.142. The Kier molecular flexibility index (Phi) is 7.55. The lowest BCUT2D eigenvalue weighted by Gasteiger charge is -2.25. The molecule has 0 saturated heterocycles. The summed E-state index contributed by atoms with van der Waals surface area (Å²) >= 11 is 3.73. The number of Topliss-reactive ketones (excluding diaryl/α,β-unsaturated/α-hetero) is 2. The summed E-state index contributed by atoms with van der Waals surface area (Å²) in [5.41, 5.74) is 10.6. The fraction of sp³-hybridized carbons (Fsp3) is 0.778.